The van der Waals surface area contributed by atoms with Crippen LogP contribution < -0.4 is 14.8 Å². The minimum absolute atomic E-state index is 0.237. The van der Waals surface area contributed by atoms with Crippen LogP contribution in [-0.4, -0.2) is 22.8 Å². The van der Waals surface area contributed by atoms with Crippen molar-refractivity contribution in [1.82, 2.24) is 9.78 Å². The van der Waals surface area contributed by atoms with Crippen LogP contribution in [0.25, 0.3) is 6.08 Å². The largest absolute Gasteiger partial charge is 0.497 e. The highest BCUT2D eigenvalue weighted by Gasteiger charge is 2.03. The number of methoxy groups -OCH3 is 1. The molecule has 1 N–H and O–H groups in total. The van der Waals surface area contributed by atoms with Gasteiger partial charge in [0.1, 0.15) is 11.5 Å². The van der Waals surface area contributed by atoms with E-state index in [2.05, 4.69) is 26.3 Å². The zero-order chi connectivity index (χ0) is 19.1. The zero-order valence-electron chi connectivity index (χ0n) is 14.6. The van der Waals surface area contributed by atoms with E-state index in [-0.39, 0.29) is 12.6 Å². The molecule has 6 nitrogen and oxygen atoms in total. The minimum Gasteiger partial charge on any atom is -0.497 e. The molecule has 0 atom stereocenters. The Bertz CT molecular complexity index is 918. The van der Waals surface area contributed by atoms with Gasteiger partial charge in [-0.25, -0.2) is 4.68 Å². The first-order valence-corrected chi connectivity index (χ1v) is 8.95. The van der Waals surface area contributed by atoms with Crippen LogP contribution in [0.2, 0.25) is 0 Å². The first-order chi connectivity index (χ1) is 13.1. The highest BCUT2D eigenvalue weighted by atomic mass is 79.9. The third-order valence-corrected chi connectivity index (χ3v) is 4.15. The van der Waals surface area contributed by atoms with Crippen molar-refractivity contribution < 1.29 is 14.3 Å². The summed E-state index contributed by atoms with van der Waals surface area (Å²) in [5.74, 6) is 1.27. The van der Waals surface area contributed by atoms with Crippen molar-refractivity contribution in [2.45, 2.75) is 6.73 Å². The Morgan fingerprint density at radius 2 is 1.85 bits per heavy atom. The van der Waals surface area contributed by atoms with E-state index < -0.39 is 0 Å². The number of halogens is 1. The molecule has 1 aromatic heterocycles. The van der Waals surface area contributed by atoms with Gasteiger partial charge in [-0.3, -0.25) is 4.79 Å². The summed E-state index contributed by atoms with van der Waals surface area (Å²) in [6.07, 6.45) is 6.48. The summed E-state index contributed by atoms with van der Waals surface area (Å²) >= 11 is 3.38. The van der Waals surface area contributed by atoms with Gasteiger partial charge in [0.25, 0.3) is 0 Å². The molecule has 138 valence electrons. The van der Waals surface area contributed by atoms with Crippen LogP contribution in [0.1, 0.15) is 5.56 Å². The van der Waals surface area contributed by atoms with Crippen molar-refractivity contribution in [2.24, 2.45) is 0 Å². The topological polar surface area (TPSA) is 65.4 Å². The van der Waals surface area contributed by atoms with Crippen molar-refractivity contribution in [1.29, 1.82) is 0 Å². The van der Waals surface area contributed by atoms with Crippen molar-refractivity contribution in [3.8, 4) is 11.5 Å². The van der Waals surface area contributed by atoms with Gasteiger partial charge in [0, 0.05) is 10.5 Å². The Balaban J connectivity index is 1.51. The van der Waals surface area contributed by atoms with Gasteiger partial charge in [-0.2, -0.15) is 5.10 Å². The molecule has 1 heterocycles. The van der Waals surface area contributed by atoms with E-state index in [0.29, 0.717) is 5.69 Å². The number of carbonyl (C=O) groups is 1. The van der Waals surface area contributed by atoms with Crippen LogP contribution in [-0.2, 0) is 11.5 Å². The van der Waals surface area contributed by atoms with Crippen LogP contribution in [0.3, 0.4) is 0 Å². The standard InChI is InChI=1S/C20H18BrN3O3/c1-26-18-7-2-15(3-8-18)4-11-20(25)23-17-12-22-24(13-17)14-27-19-9-5-16(21)6-10-19/h2-13H,14H2,1H3,(H,23,25)/b11-4+. The van der Waals surface area contributed by atoms with Gasteiger partial charge in [0.15, 0.2) is 6.73 Å². The first kappa shape index (κ1) is 18.7. The molecular formula is C20H18BrN3O3. The Hall–Kier alpha value is -3.06. The molecular weight excluding hydrogens is 410 g/mol. The van der Waals surface area contributed by atoms with Crippen LogP contribution in [0.4, 0.5) is 5.69 Å². The predicted octanol–water partition coefficient (Wildman–Crippen LogP) is 4.34. The van der Waals surface area contributed by atoms with Gasteiger partial charge in [-0.15, -0.1) is 0 Å². The van der Waals surface area contributed by atoms with E-state index in [4.69, 9.17) is 9.47 Å². The van der Waals surface area contributed by atoms with Crippen LogP contribution >= 0.6 is 15.9 Å². The summed E-state index contributed by atoms with van der Waals surface area (Å²) in [7, 11) is 1.61. The van der Waals surface area contributed by atoms with Gasteiger partial charge in [-0.05, 0) is 48.0 Å². The number of anilines is 1. The lowest BCUT2D eigenvalue weighted by molar-refractivity contribution is -0.111. The molecule has 0 saturated heterocycles. The van der Waals surface area contributed by atoms with E-state index in [1.165, 1.54) is 6.08 Å². The summed E-state index contributed by atoms with van der Waals surface area (Å²) in [5, 5.41) is 6.93. The molecule has 2 aromatic carbocycles. The number of benzene rings is 2. The molecule has 0 radical (unpaired) electrons. The summed E-state index contributed by atoms with van der Waals surface area (Å²) in [4.78, 5) is 12.0. The SMILES string of the molecule is COc1ccc(/C=C/C(=O)Nc2cnn(COc3ccc(Br)cc3)c2)cc1. The molecule has 0 aliphatic heterocycles. The third kappa shape index (κ3) is 5.72. The lowest BCUT2D eigenvalue weighted by Gasteiger charge is -2.05. The molecule has 0 aliphatic carbocycles. The monoisotopic (exact) mass is 427 g/mol. The number of hydrogen-bond donors (Lipinski definition) is 1. The maximum absolute atomic E-state index is 12.0. The highest BCUT2D eigenvalue weighted by Crippen LogP contribution is 2.17. The molecule has 3 rings (SSSR count). The minimum atomic E-state index is -0.237. The summed E-state index contributed by atoms with van der Waals surface area (Å²) in [6.45, 7) is 0.249. The number of rotatable bonds is 7. The van der Waals surface area contributed by atoms with Crippen molar-refractivity contribution in [3.63, 3.8) is 0 Å². The number of carbonyl (C=O) groups excluding carboxylic acids is 1. The molecule has 0 aliphatic rings. The fourth-order valence-electron chi connectivity index (χ4n) is 2.24. The molecule has 1 amide bonds. The van der Waals surface area contributed by atoms with Gasteiger partial charge >= 0.3 is 0 Å². The molecule has 27 heavy (non-hydrogen) atoms. The average Bonchev–Trinajstić information content (AvgIpc) is 3.13. The van der Waals surface area contributed by atoms with Gasteiger partial charge in [0.2, 0.25) is 5.91 Å². The molecule has 7 heteroatoms. The second-order valence-corrected chi connectivity index (χ2v) is 6.51. The Morgan fingerprint density at radius 3 is 2.56 bits per heavy atom. The van der Waals surface area contributed by atoms with Crippen LogP contribution in [0, 0.1) is 0 Å². The summed E-state index contributed by atoms with van der Waals surface area (Å²) in [6, 6.07) is 15.0. The first-order valence-electron chi connectivity index (χ1n) is 8.16. The molecule has 0 fully saturated rings. The van der Waals surface area contributed by atoms with Crippen LogP contribution in [0.15, 0.2) is 71.5 Å². The fourth-order valence-corrected chi connectivity index (χ4v) is 2.51. The predicted molar refractivity (Wildman–Crippen MR) is 108 cm³/mol. The van der Waals surface area contributed by atoms with Crippen molar-refractivity contribution in [2.75, 3.05) is 12.4 Å². The Labute approximate surface area is 165 Å². The van der Waals surface area contributed by atoms with E-state index in [9.17, 15) is 4.79 Å². The van der Waals surface area contributed by atoms with Gasteiger partial charge in [-0.1, -0.05) is 28.1 Å². The van der Waals surface area contributed by atoms with Gasteiger partial charge < -0.3 is 14.8 Å². The van der Waals surface area contributed by atoms with E-state index >= 15 is 0 Å². The highest BCUT2D eigenvalue weighted by molar-refractivity contribution is 9.10. The van der Waals surface area contributed by atoms with E-state index in [1.54, 1.807) is 30.3 Å². The fraction of sp³-hybridized carbons (Fsp3) is 0.100. The second kappa shape index (κ2) is 9.05. The lowest BCUT2D eigenvalue weighted by atomic mass is 10.2. The average molecular weight is 428 g/mol. The maximum Gasteiger partial charge on any atom is 0.248 e. The van der Waals surface area contributed by atoms with Crippen LogP contribution in [0.5, 0.6) is 11.5 Å². The van der Waals surface area contributed by atoms with Crippen molar-refractivity contribution in [3.05, 3.63) is 77.0 Å². The molecule has 3 aromatic rings. The quantitative estimate of drug-likeness (QED) is 0.569. The summed E-state index contributed by atoms with van der Waals surface area (Å²) < 4.78 is 13.3. The molecule has 0 unspecified atom stereocenters. The zero-order valence-corrected chi connectivity index (χ0v) is 16.2. The maximum atomic E-state index is 12.0. The number of aromatic nitrogens is 2. The van der Waals surface area contributed by atoms with Gasteiger partial charge in [0.05, 0.1) is 25.2 Å². The lowest BCUT2D eigenvalue weighted by Crippen LogP contribution is -2.08. The Morgan fingerprint density at radius 1 is 1.15 bits per heavy atom. The normalized spacial score (nSPS) is 10.7. The van der Waals surface area contributed by atoms with Crippen molar-refractivity contribution >= 4 is 33.6 Å². The number of nitrogens with zero attached hydrogens (tertiary/aromatic N) is 2. The van der Waals surface area contributed by atoms with E-state index in [1.807, 2.05) is 48.5 Å². The second-order valence-electron chi connectivity index (χ2n) is 5.59. The number of hydrogen-bond acceptors (Lipinski definition) is 4. The van der Waals surface area contributed by atoms with E-state index in [0.717, 1.165) is 21.5 Å². The number of ether oxygens (including phenoxy) is 2. The third-order valence-electron chi connectivity index (χ3n) is 3.62. The molecule has 0 saturated carbocycles. The Kier molecular flexibility index (Phi) is 6.27. The molecule has 0 bridgehead atoms. The number of amides is 1. The summed E-state index contributed by atoms with van der Waals surface area (Å²) in [5.41, 5.74) is 1.50. The smallest absolute Gasteiger partial charge is 0.248 e. The molecule has 0 spiro atoms. The number of nitrogens with one attached hydrogen (secondary N) is 1.